The Balaban J connectivity index is 1.80. The average Bonchev–Trinajstić information content (AvgIpc) is 3.06. The Hall–Kier alpha value is -2.78. The standard InChI is InChI=1S/C19H21NO8/c1-9(21)12-4-6-13(7-5-12)18-20-19-17(28-18)15(24)16(26-11(3)23)14(27-19)8-25-10(2)22/h4-7,14-17,19,24H,8H2,1-3H3/t14-,15+,16-,17-,19+/m1/s1. The molecule has 150 valence electrons. The summed E-state index contributed by atoms with van der Waals surface area (Å²) in [6.45, 7) is 3.71. The topological polar surface area (TPSA) is 121 Å². The number of hydrogen-bond donors (Lipinski definition) is 1. The number of aliphatic hydroxyl groups excluding tert-OH is 1. The minimum Gasteiger partial charge on any atom is -0.466 e. The van der Waals surface area contributed by atoms with E-state index < -0.39 is 42.6 Å². The van der Waals surface area contributed by atoms with Crippen LogP contribution in [0, 0.1) is 0 Å². The van der Waals surface area contributed by atoms with Crippen molar-refractivity contribution in [2.24, 2.45) is 4.99 Å². The van der Waals surface area contributed by atoms with Gasteiger partial charge in [-0.05, 0) is 19.1 Å². The summed E-state index contributed by atoms with van der Waals surface area (Å²) in [7, 11) is 0. The molecule has 0 aliphatic carbocycles. The Kier molecular flexibility index (Phi) is 5.76. The molecule has 0 amide bonds. The minimum atomic E-state index is -1.24. The summed E-state index contributed by atoms with van der Waals surface area (Å²) in [5.74, 6) is -0.971. The molecule has 0 aromatic heterocycles. The molecule has 2 heterocycles. The van der Waals surface area contributed by atoms with E-state index in [-0.39, 0.29) is 18.3 Å². The van der Waals surface area contributed by atoms with Crippen LogP contribution in [0.1, 0.15) is 36.7 Å². The smallest absolute Gasteiger partial charge is 0.303 e. The largest absolute Gasteiger partial charge is 0.466 e. The molecule has 28 heavy (non-hydrogen) atoms. The molecular weight excluding hydrogens is 370 g/mol. The van der Waals surface area contributed by atoms with Gasteiger partial charge < -0.3 is 24.1 Å². The van der Waals surface area contributed by atoms with Crippen molar-refractivity contribution in [2.75, 3.05) is 6.61 Å². The van der Waals surface area contributed by atoms with Crippen molar-refractivity contribution in [1.82, 2.24) is 0 Å². The van der Waals surface area contributed by atoms with Crippen molar-refractivity contribution in [3.63, 3.8) is 0 Å². The molecule has 2 aliphatic rings. The number of aliphatic imine (C=N–C) groups is 1. The Morgan fingerprint density at radius 1 is 1.11 bits per heavy atom. The van der Waals surface area contributed by atoms with E-state index >= 15 is 0 Å². The molecule has 1 saturated heterocycles. The highest BCUT2D eigenvalue weighted by Crippen LogP contribution is 2.32. The molecule has 5 atom stereocenters. The zero-order valence-corrected chi connectivity index (χ0v) is 15.7. The molecule has 9 heteroatoms. The van der Waals surface area contributed by atoms with Gasteiger partial charge in [0.15, 0.2) is 24.2 Å². The van der Waals surface area contributed by atoms with Gasteiger partial charge >= 0.3 is 11.9 Å². The summed E-state index contributed by atoms with van der Waals surface area (Å²) in [4.78, 5) is 38.3. The fraction of sp³-hybridized carbons (Fsp3) is 0.474. The lowest BCUT2D eigenvalue weighted by molar-refractivity contribution is -0.228. The van der Waals surface area contributed by atoms with Crippen molar-refractivity contribution in [3.05, 3.63) is 35.4 Å². The van der Waals surface area contributed by atoms with Crippen LogP contribution in [0.25, 0.3) is 0 Å². The first-order valence-corrected chi connectivity index (χ1v) is 8.76. The second-order valence-corrected chi connectivity index (χ2v) is 6.58. The summed E-state index contributed by atoms with van der Waals surface area (Å²) < 4.78 is 21.6. The van der Waals surface area contributed by atoms with Crippen molar-refractivity contribution >= 4 is 23.6 Å². The van der Waals surface area contributed by atoms with Crippen LogP contribution in [0.3, 0.4) is 0 Å². The number of ether oxygens (including phenoxy) is 4. The molecule has 0 bridgehead atoms. The van der Waals surface area contributed by atoms with Gasteiger partial charge in [0.1, 0.15) is 18.8 Å². The van der Waals surface area contributed by atoms with E-state index in [4.69, 9.17) is 18.9 Å². The van der Waals surface area contributed by atoms with Gasteiger partial charge in [-0.1, -0.05) is 12.1 Å². The summed E-state index contributed by atoms with van der Waals surface area (Å²) in [6.07, 6.45) is -4.95. The third-order valence-electron chi connectivity index (χ3n) is 4.42. The molecule has 1 aromatic rings. The van der Waals surface area contributed by atoms with Gasteiger partial charge in [0.05, 0.1) is 0 Å². The molecule has 1 aromatic carbocycles. The van der Waals surface area contributed by atoms with Crippen LogP contribution in [-0.4, -0.2) is 66.0 Å². The zero-order chi connectivity index (χ0) is 20.4. The van der Waals surface area contributed by atoms with E-state index in [9.17, 15) is 19.5 Å². The first-order chi connectivity index (χ1) is 13.3. The van der Waals surface area contributed by atoms with Crippen LogP contribution in [0.15, 0.2) is 29.3 Å². The van der Waals surface area contributed by atoms with E-state index in [1.54, 1.807) is 24.3 Å². The second kappa shape index (κ2) is 8.07. The minimum absolute atomic E-state index is 0.0641. The zero-order valence-electron chi connectivity index (χ0n) is 15.7. The van der Waals surface area contributed by atoms with Gasteiger partial charge in [0.25, 0.3) is 0 Å². The van der Waals surface area contributed by atoms with Crippen LogP contribution < -0.4 is 0 Å². The SMILES string of the molecule is CC(=O)OC[C@H]1O[C@@H]2N=C(c3ccc(C(C)=O)cc3)O[C@@H]2[C@@H](O)[C@@H]1OC(C)=O. The van der Waals surface area contributed by atoms with Crippen LogP contribution in [0.4, 0.5) is 0 Å². The van der Waals surface area contributed by atoms with E-state index in [0.717, 1.165) is 0 Å². The first kappa shape index (κ1) is 20.0. The highest BCUT2D eigenvalue weighted by Gasteiger charge is 2.51. The molecule has 2 aliphatic heterocycles. The summed E-state index contributed by atoms with van der Waals surface area (Å²) in [6, 6.07) is 6.65. The van der Waals surface area contributed by atoms with E-state index in [0.29, 0.717) is 11.1 Å². The summed E-state index contributed by atoms with van der Waals surface area (Å²) in [5, 5.41) is 10.7. The lowest BCUT2D eigenvalue weighted by Gasteiger charge is -2.39. The molecule has 9 nitrogen and oxygen atoms in total. The van der Waals surface area contributed by atoms with Crippen LogP contribution in [-0.2, 0) is 28.5 Å². The summed E-state index contributed by atoms with van der Waals surface area (Å²) in [5.41, 5.74) is 1.16. The van der Waals surface area contributed by atoms with E-state index in [1.807, 2.05) is 0 Å². The van der Waals surface area contributed by atoms with E-state index in [2.05, 4.69) is 4.99 Å². The predicted octanol–water partition coefficient (Wildman–Crippen LogP) is 0.615. The average molecular weight is 391 g/mol. The maximum absolute atomic E-state index is 11.4. The third-order valence-corrected chi connectivity index (χ3v) is 4.42. The predicted molar refractivity (Wildman–Crippen MR) is 94.7 cm³/mol. The first-order valence-electron chi connectivity index (χ1n) is 8.76. The highest BCUT2D eigenvalue weighted by atomic mass is 16.6. The van der Waals surface area contributed by atoms with Gasteiger partial charge in [-0.3, -0.25) is 14.4 Å². The van der Waals surface area contributed by atoms with Crippen LogP contribution in [0.5, 0.6) is 0 Å². The summed E-state index contributed by atoms with van der Waals surface area (Å²) >= 11 is 0. The van der Waals surface area contributed by atoms with Crippen molar-refractivity contribution in [2.45, 2.75) is 51.4 Å². The maximum Gasteiger partial charge on any atom is 0.303 e. The Morgan fingerprint density at radius 2 is 1.79 bits per heavy atom. The number of Topliss-reactive ketones (excluding diaryl/α,β-unsaturated/α-hetero) is 1. The van der Waals surface area contributed by atoms with Crippen LogP contribution >= 0.6 is 0 Å². The number of rotatable bonds is 5. The number of ketones is 1. The van der Waals surface area contributed by atoms with Crippen LogP contribution in [0.2, 0.25) is 0 Å². The van der Waals surface area contributed by atoms with Gasteiger partial charge in [-0.2, -0.15) is 0 Å². The fourth-order valence-electron chi connectivity index (χ4n) is 3.08. The fourth-order valence-corrected chi connectivity index (χ4v) is 3.08. The van der Waals surface area contributed by atoms with Crippen molar-refractivity contribution in [1.29, 1.82) is 0 Å². The molecule has 1 fully saturated rings. The molecule has 0 radical (unpaired) electrons. The number of benzene rings is 1. The van der Waals surface area contributed by atoms with Gasteiger partial charge in [-0.25, -0.2) is 4.99 Å². The monoisotopic (exact) mass is 391 g/mol. The van der Waals surface area contributed by atoms with Gasteiger partial charge in [0.2, 0.25) is 5.90 Å². The number of hydrogen-bond acceptors (Lipinski definition) is 9. The Bertz CT molecular complexity index is 803. The molecule has 3 rings (SSSR count). The third kappa shape index (κ3) is 4.20. The molecule has 0 spiro atoms. The number of carbonyl (C=O) groups is 3. The second-order valence-electron chi connectivity index (χ2n) is 6.58. The molecule has 0 saturated carbocycles. The highest BCUT2D eigenvalue weighted by molar-refractivity contribution is 5.98. The quantitative estimate of drug-likeness (QED) is 0.573. The number of esters is 2. The molecular formula is C19H21NO8. The molecule has 1 N–H and O–H groups in total. The van der Waals surface area contributed by atoms with Crippen molar-refractivity contribution in [3.8, 4) is 0 Å². The van der Waals surface area contributed by atoms with Crippen molar-refractivity contribution < 1.29 is 38.4 Å². The lowest BCUT2D eigenvalue weighted by Crippen LogP contribution is -2.59. The number of nitrogens with zero attached hydrogens (tertiary/aromatic N) is 1. The Morgan fingerprint density at radius 3 is 2.36 bits per heavy atom. The number of carbonyl (C=O) groups excluding carboxylic acids is 3. The molecule has 0 unspecified atom stereocenters. The Labute approximate surface area is 161 Å². The normalized spacial score (nSPS) is 28.6. The van der Waals surface area contributed by atoms with Gasteiger partial charge in [0, 0.05) is 25.0 Å². The lowest BCUT2D eigenvalue weighted by atomic mass is 9.98. The van der Waals surface area contributed by atoms with Gasteiger partial charge in [-0.15, -0.1) is 0 Å². The maximum atomic E-state index is 11.4. The number of aliphatic hydroxyl groups is 1. The number of fused-ring (bicyclic) bond motifs is 1. The van der Waals surface area contributed by atoms with E-state index in [1.165, 1.54) is 20.8 Å².